The lowest BCUT2D eigenvalue weighted by molar-refractivity contribution is 0.155. The van der Waals surface area contributed by atoms with Gasteiger partial charge in [-0.1, -0.05) is 30.3 Å². The fourth-order valence-electron chi connectivity index (χ4n) is 2.38. The first-order valence-corrected chi connectivity index (χ1v) is 6.98. The smallest absolute Gasteiger partial charge is 0.411 e. The van der Waals surface area contributed by atoms with Gasteiger partial charge in [-0.15, -0.1) is 0 Å². The monoisotopic (exact) mass is 283 g/mol. The predicted octanol–water partition coefficient (Wildman–Crippen LogP) is 3.76. The molecule has 0 saturated heterocycles. The fraction of sp³-hybridized carbons (Fsp3) is 0.235. The molecule has 1 heterocycles. The van der Waals surface area contributed by atoms with Crippen LogP contribution in [0.4, 0.5) is 10.5 Å². The summed E-state index contributed by atoms with van der Waals surface area (Å²) in [5, 5.41) is 2.74. The normalized spacial score (nSPS) is 16.0. The van der Waals surface area contributed by atoms with Gasteiger partial charge >= 0.3 is 6.09 Å². The van der Waals surface area contributed by atoms with Crippen molar-refractivity contribution in [3.05, 3.63) is 59.7 Å². The molecule has 0 aromatic heterocycles. The molecule has 1 atom stereocenters. The highest BCUT2D eigenvalue weighted by Gasteiger charge is 2.19. The molecule has 2 aromatic carbocycles. The van der Waals surface area contributed by atoms with Crippen LogP contribution in [-0.4, -0.2) is 12.2 Å². The van der Waals surface area contributed by atoms with E-state index in [9.17, 15) is 4.79 Å². The fourth-order valence-corrected chi connectivity index (χ4v) is 2.38. The van der Waals surface area contributed by atoms with Crippen molar-refractivity contribution in [1.82, 2.24) is 0 Å². The van der Waals surface area contributed by atoms with Crippen molar-refractivity contribution in [2.45, 2.75) is 26.1 Å². The first kappa shape index (κ1) is 13.5. The van der Waals surface area contributed by atoms with E-state index in [2.05, 4.69) is 5.32 Å². The number of carbonyl (C=O) groups is 1. The number of hydrogen-bond donors (Lipinski definition) is 1. The summed E-state index contributed by atoms with van der Waals surface area (Å²) in [6.45, 7) is 2.29. The number of fused-ring (bicyclic) bond motifs is 1. The molecule has 4 nitrogen and oxygen atoms in total. The molecule has 0 aliphatic carbocycles. The van der Waals surface area contributed by atoms with Crippen LogP contribution in [0.5, 0.6) is 5.75 Å². The van der Waals surface area contributed by atoms with E-state index in [1.165, 1.54) is 0 Å². The maximum absolute atomic E-state index is 11.8. The topological polar surface area (TPSA) is 47.6 Å². The van der Waals surface area contributed by atoms with Crippen molar-refractivity contribution < 1.29 is 14.3 Å². The molecule has 108 valence electrons. The Hall–Kier alpha value is -2.49. The summed E-state index contributed by atoms with van der Waals surface area (Å²) in [6.07, 6.45) is 0.607. The molecule has 0 bridgehead atoms. The van der Waals surface area contributed by atoms with E-state index in [1.54, 1.807) is 0 Å². The lowest BCUT2D eigenvalue weighted by Gasteiger charge is -2.08. The molecule has 0 fully saturated rings. The number of carbonyl (C=O) groups excluding carboxylic acids is 1. The van der Waals surface area contributed by atoms with Gasteiger partial charge in [0.05, 0.1) is 0 Å². The van der Waals surface area contributed by atoms with Gasteiger partial charge in [0.15, 0.2) is 0 Å². The third-order valence-corrected chi connectivity index (χ3v) is 3.36. The summed E-state index contributed by atoms with van der Waals surface area (Å²) in [5.41, 5.74) is 2.80. The molecular weight excluding hydrogens is 266 g/mol. The second-order valence-electron chi connectivity index (χ2n) is 5.14. The lowest BCUT2D eigenvalue weighted by Crippen LogP contribution is -2.13. The number of anilines is 1. The zero-order chi connectivity index (χ0) is 14.7. The van der Waals surface area contributed by atoms with Gasteiger partial charge in [0.2, 0.25) is 0 Å². The highest BCUT2D eigenvalue weighted by atomic mass is 16.5. The lowest BCUT2D eigenvalue weighted by atomic mass is 10.1. The minimum Gasteiger partial charge on any atom is -0.490 e. The minimum absolute atomic E-state index is 0.195. The van der Waals surface area contributed by atoms with Crippen molar-refractivity contribution in [3.63, 3.8) is 0 Å². The Morgan fingerprint density at radius 1 is 1.29 bits per heavy atom. The highest BCUT2D eigenvalue weighted by Crippen LogP contribution is 2.30. The van der Waals surface area contributed by atoms with Crippen LogP contribution in [0, 0.1) is 0 Å². The first-order chi connectivity index (χ1) is 10.2. The van der Waals surface area contributed by atoms with Crippen molar-refractivity contribution in [1.29, 1.82) is 0 Å². The van der Waals surface area contributed by atoms with E-state index < -0.39 is 6.09 Å². The maximum atomic E-state index is 11.8. The minimum atomic E-state index is -0.453. The van der Waals surface area contributed by atoms with E-state index >= 15 is 0 Å². The van der Waals surface area contributed by atoms with Crippen molar-refractivity contribution in [2.75, 3.05) is 5.32 Å². The summed E-state index contributed by atoms with van der Waals surface area (Å²) < 4.78 is 10.8. The molecule has 1 aliphatic heterocycles. The average molecular weight is 283 g/mol. The predicted molar refractivity (Wildman–Crippen MR) is 80.5 cm³/mol. The third-order valence-electron chi connectivity index (χ3n) is 3.36. The molecule has 0 spiro atoms. The molecule has 1 N–H and O–H groups in total. The van der Waals surface area contributed by atoms with Gasteiger partial charge in [-0.05, 0) is 36.2 Å². The van der Waals surface area contributed by atoms with Crippen molar-refractivity contribution in [2.24, 2.45) is 0 Å². The van der Waals surface area contributed by atoms with Crippen molar-refractivity contribution >= 4 is 11.8 Å². The summed E-state index contributed by atoms with van der Waals surface area (Å²) in [4.78, 5) is 11.8. The molecule has 3 rings (SSSR count). The Morgan fingerprint density at radius 3 is 2.90 bits per heavy atom. The maximum Gasteiger partial charge on any atom is 0.411 e. The summed E-state index contributed by atoms with van der Waals surface area (Å²) >= 11 is 0. The van der Waals surface area contributed by atoms with E-state index in [-0.39, 0.29) is 12.7 Å². The molecule has 21 heavy (non-hydrogen) atoms. The second-order valence-corrected chi connectivity index (χ2v) is 5.14. The summed E-state index contributed by atoms with van der Waals surface area (Å²) in [6, 6.07) is 15.2. The van der Waals surface area contributed by atoms with Crippen LogP contribution >= 0.6 is 0 Å². The molecule has 0 saturated carbocycles. The Kier molecular flexibility index (Phi) is 3.77. The molecule has 2 aromatic rings. The molecule has 0 radical (unpaired) electrons. The number of benzene rings is 2. The van der Waals surface area contributed by atoms with E-state index in [1.807, 2.05) is 55.5 Å². The number of nitrogens with one attached hydrogen (secondary N) is 1. The third kappa shape index (κ3) is 3.34. The van der Waals surface area contributed by atoms with Gasteiger partial charge in [0, 0.05) is 12.1 Å². The zero-order valence-electron chi connectivity index (χ0n) is 11.8. The van der Waals surface area contributed by atoms with Gasteiger partial charge in [0.1, 0.15) is 18.5 Å². The van der Waals surface area contributed by atoms with Crippen LogP contribution < -0.4 is 10.1 Å². The van der Waals surface area contributed by atoms with Crippen LogP contribution in [0.3, 0.4) is 0 Å². The van der Waals surface area contributed by atoms with Crippen LogP contribution in [0.15, 0.2) is 48.5 Å². The Labute approximate surface area is 123 Å². The Bertz CT molecular complexity index is 640. The quantitative estimate of drug-likeness (QED) is 0.933. The highest BCUT2D eigenvalue weighted by molar-refractivity contribution is 5.84. The van der Waals surface area contributed by atoms with Gasteiger partial charge in [-0.3, -0.25) is 5.32 Å². The van der Waals surface area contributed by atoms with Crippen LogP contribution in [-0.2, 0) is 17.8 Å². The van der Waals surface area contributed by atoms with Gasteiger partial charge in [0.25, 0.3) is 0 Å². The van der Waals surface area contributed by atoms with E-state index in [0.29, 0.717) is 0 Å². The zero-order valence-corrected chi connectivity index (χ0v) is 11.8. The average Bonchev–Trinajstić information content (AvgIpc) is 2.85. The molecule has 1 amide bonds. The first-order valence-electron chi connectivity index (χ1n) is 6.98. The number of ether oxygens (including phenoxy) is 2. The Morgan fingerprint density at radius 2 is 2.10 bits per heavy atom. The Balaban J connectivity index is 1.57. The van der Waals surface area contributed by atoms with Crippen LogP contribution in [0.2, 0.25) is 0 Å². The molecular formula is C17H17NO3. The van der Waals surface area contributed by atoms with Crippen LogP contribution in [0.1, 0.15) is 18.1 Å². The largest absolute Gasteiger partial charge is 0.490 e. The number of amides is 1. The van der Waals surface area contributed by atoms with Gasteiger partial charge in [-0.2, -0.15) is 0 Å². The van der Waals surface area contributed by atoms with Crippen molar-refractivity contribution in [3.8, 4) is 5.75 Å². The van der Waals surface area contributed by atoms with Gasteiger partial charge < -0.3 is 9.47 Å². The standard InChI is InChI=1S/C17H17NO3/c1-12-9-14-10-15(7-8-16(14)21-12)18-17(19)20-11-13-5-3-2-4-6-13/h2-8,10,12H,9,11H2,1H3,(H,18,19). The molecule has 4 heteroatoms. The second kappa shape index (κ2) is 5.87. The van der Waals surface area contributed by atoms with Gasteiger partial charge in [-0.25, -0.2) is 4.79 Å². The number of hydrogen-bond acceptors (Lipinski definition) is 3. The van der Waals surface area contributed by atoms with Crippen LogP contribution in [0.25, 0.3) is 0 Å². The molecule has 1 aliphatic rings. The summed E-state index contributed by atoms with van der Waals surface area (Å²) in [7, 11) is 0. The summed E-state index contributed by atoms with van der Waals surface area (Å²) in [5.74, 6) is 0.894. The SMILES string of the molecule is CC1Cc2cc(NC(=O)OCc3ccccc3)ccc2O1. The van der Waals surface area contributed by atoms with E-state index in [0.717, 1.165) is 29.0 Å². The van der Waals surface area contributed by atoms with E-state index in [4.69, 9.17) is 9.47 Å². The molecule has 1 unspecified atom stereocenters. The number of rotatable bonds is 3.